The average Bonchev–Trinajstić information content (AvgIpc) is 2.81. The van der Waals surface area contributed by atoms with Crippen LogP contribution in [-0.4, -0.2) is 66.3 Å². The number of nitrogens with zero attached hydrogens (tertiary/aromatic N) is 1. The van der Waals surface area contributed by atoms with E-state index in [1.807, 2.05) is 33.8 Å². The first-order valence-corrected chi connectivity index (χ1v) is 14.2. The molecule has 0 aromatic heterocycles. The highest BCUT2D eigenvalue weighted by atomic mass is 16.5. The highest BCUT2D eigenvalue weighted by Gasteiger charge is 2.39. The number of rotatable bonds is 4. The van der Waals surface area contributed by atoms with E-state index >= 15 is 0 Å². The van der Waals surface area contributed by atoms with Crippen LogP contribution in [0.25, 0.3) is 0 Å². The zero-order valence-corrected chi connectivity index (χ0v) is 24.5. The summed E-state index contributed by atoms with van der Waals surface area (Å²) >= 11 is 0. The maximum absolute atomic E-state index is 13.2. The smallest absolute Gasteiger partial charge is 0.311 e. The van der Waals surface area contributed by atoms with E-state index in [1.165, 1.54) is 0 Å². The molecular weight excluding hydrogens is 454 g/mol. The van der Waals surface area contributed by atoms with Crippen molar-refractivity contribution in [3.05, 3.63) is 11.6 Å². The number of ether oxygens (including phenoxy) is 2. The second-order valence-electron chi connectivity index (χ2n) is 12.3. The third-order valence-corrected chi connectivity index (χ3v) is 8.87. The summed E-state index contributed by atoms with van der Waals surface area (Å²) < 4.78 is 12.7. The number of allylic oxidation sites excluding steroid dienone is 1. The molecule has 1 fully saturated rings. The molecule has 0 aromatic rings. The number of Topliss-reactive ketones (excluding diaryl/α,β-unsaturated/α-hetero) is 1. The van der Waals surface area contributed by atoms with Crippen LogP contribution in [0.1, 0.15) is 87.5 Å². The lowest BCUT2D eigenvalue weighted by atomic mass is 9.77. The zero-order valence-electron chi connectivity index (χ0n) is 24.5. The first-order valence-electron chi connectivity index (χ1n) is 14.2. The molecule has 0 aromatic carbocycles. The predicted molar refractivity (Wildman–Crippen MR) is 145 cm³/mol. The van der Waals surface area contributed by atoms with Gasteiger partial charge in [0, 0.05) is 24.3 Å². The van der Waals surface area contributed by atoms with Gasteiger partial charge in [-0.25, -0.2) is 0 Å². The molecule has 36 heavy (non-hydrogen) atoms. The summed E-state index contributed by atoms with van der Waals surface area (Å²) in [5.74, 6) is -0.161. The number of ketones is 1. The van der Waals surface area contributed by atoms with Crippen molar-refractivity contribution in [1.82, 2.24) is 4.90 Å². The Balaban J connectivity index is 2.36. The maximum Gasteiger partial charge on any atom is 0.311 e. The average molecular weight is 508 g/mol. The Morgan fingerprint density at radius 1 is 1.00 bits per heavy atom. The van der Waals surface area contributed by atoms with E-state index < -0.39 is 12.0 Å². The van der Waals surface area contributed by atoms with Crippen molar-refractivity contribution in [2.45, 2.75) is 118 Å². The minimum absolute atomic E-state index is 0.0561. The molecule has 6 heteroatoms. The van der Waals surface area contributed by atoms with Gasteiger partial charge in [0.2, 0.25) is 0 Å². The van der Waals surface area contributed by atoms with Crippen molar-refractivity contribution in [3.63, 3.8) is 0 Å². The Morgan fingerprint density at radius 2 is 1.64 bits per heavy atom. The van der Waals surface area contributed by atoms with Gasteiger partial charge >= 0.3 is 5.97 Å². The summed E-state index contributed by atoms with van der Waals surface area (Å²) in [6.45, 7) is 16.2. The highest BCUT2D eigenvalue weighted by molar-refractivity contribution is 5.96. The molecule has 11 atom stereocenters. The lowest BCUT2D eigenvalue weighted by Gasteiger charge is -2.44. The summed E-state index contributed by atoms with van der Waals surface area (Å²) in [5, 5.41) is 11.2. The van der Waals surface area contributed by atoms with Crippen molar-refractivity contribution in [1.29, 1.82) is 0 Å². The molecule has 0 bridgehead atoms. The predicted octanol–water partition coefficient (Wildman–Crippen LogP) is 5.27. The number of carbonyl (C=O) groups is 2. The van der Waals surface area contributed by atoms with Crippen LogP contribution in [0, 0.1) is 35.5 Å². The minimum Gasteiger partial charge on any atom is -0.461 e. The van der Waals surface area contributed by atoms with Crippen LogP contribution in [0.3, 0.4) is 0 Å². The first-order chi connectivity index (χ1) is 16.8. The van der Waals surface area contributed by atoms with E-state index in [4.69, 9.17) is 9.47 Å². The van der Waals surface area contributed by atoms with Gasteiger partial charge in [0.15, 0.2) is 5.78 Å². The van der Waals surface area contributed by atoms with Crippen LogP contribution < -0.4 is 0 Å². The van der Waals surface area contributed by atoms with Crippen molar-refractivity contribution >= 4 is 11.8 Å². The van der Waals surface area contributed by atoms with E-state index in [1.54, 1.807) is 6.92 Å². The minimum atomic E-state index is -0.870. The van der Waals surface area contributed by atoms with Gasteiger partial charge in [0.25, 0.3) is 0 Å². The van der Waals surface area contributed by atoms with Crippen LogP contribution in [0.5, 0.6) is 0 Å². The normalized spacial score (nSPS) is 43.4. The van der Waals surface area contributed by atoms with Gasteiger partial charge in [-0.1, -0.05) is 47.6 Å². The fraction of sp³-hybridized carbons (Fsp3) is 0.867. The number of cyclic esters (lactones) is 1. The van der Waals surface area contributed by atoms with Gasteiger partial charge in [0.05, 0.1) is 24.2 Å². The second-order valence-corrected chi connectivity index (χ2v) is 12.3. The quantitative estimate of drug-likeness (QED) is 0.522. The fourth-order valence-electron chi connectivity index (χ4n) is 6.30. The summed E-state index contributed by atoms with van der Waals surface area (Å²) in [5.41, 5.74) is 0.725. The van der Waals surface area contributed by atoms with Crippen LogP contribution in [0.4, 0.5) is 0 Å². The summed E-state index contributed by atoms with van der Waals surface area (Å²) in [6.07, 6.45) is 4.37. The van der Waals surface area contributed by atoms with E-state index in [0.29, 0.717) is 37.1 Å². The lowest BCUT2D eigenvalue weighted by Crippen LogP contribution is -2.48. The molecule has 0 saturated heterocycles. The van der Waals surface area contributed by atoms with Gasteiger partial charge in [-0.05, 0) is 77.0 Å². The van der Waals surface area contributed by atoms with Gasteiger partial charge in [-0.2, -0.15) is 0 Å². The fourth-order valence-corrected chi connectivity index (χ4v) is 6.30. The molecule has 1 aliphatic carbocycles. The topological polar surface area (TPSA) is 76.1 Å². The van der Waals surface area contributed by atoms with Gasteiger partial charge < -0.3 is 19.5 Å². The molecule has 6 nitrogen and oxygen atoms in total. The van der Waals surface area contributed by atoms with Crippen LogP contribution in [-0.2, 0) is 19.1 Å². The van der Waals surface area contributed by atoms with Crippen LogP contribution in [0.2, 0.25) is 0 Å². The number of aliphatic hydroxyl groups is 1. The molecule has 0 spiro atoms. The van der Waals surface area contributed by atoms with Gasteiger partial charge in [-0.3, -0.25) is 9.59 Å². The molecule has 1 aliphatic heterocycles. The van der Waals surface area contributed by atoms with Crippen molar-refractivity contribution in [2.75, 3.05) is 14.1 Å². The van der Waals surface area contributed by atoms with Gasteiger partial charge in [0.1, 0.15) is 6.10 Å². The summed E-state index contributed by atoms with van der Waals surface area (Å²) in [4.78, 5) is 28.5. The van der Waals surface area contributed by atoms with E-state index in [-0.39, 0.29) is 47.8 Å². The van der Waals surface area contributed by atoms with Crippen LogP contribution >= 0.6 is 0 Å². The Labute approximate surface area is 220 Å². The first kappa shape index (κ1) is 31.0. The Bertz CT molecular complexity index is 764. The van der Waals surface area contributed by atoms with E-state index in [0.717, 1.165) is 18.4 Å². The largest absolute Gasteiger partial charge is 0.461 e. The number of hydrogen-bond acceptors (Lipinski definition) is 6. The molecule has 1 saturated carbocycles. The highest BCUT2D eigenvalue weighted by Crippen LogP contribution is 2.36. The zero-order chi connectivity index (χ0) is 27.3. The molecule has 4 unspecified atom stereocenters. The molecule has 208 valence electrons. The standard InChI is InChI=1S/C30H53NO5/c1-11-26-18(3)14-20(5)29(33)21(6)15-19(4)27(16-25(32)23(8)30(34)36-26)35-28-13-17(2)12-24(22(28)7)31(9)10/h14,17-19,21-28,32H,11-13,15-16H2,1-10H3/b20-14+/t17?,18-,19+,21-,22?,23-,24?,25+,26-,27-,28?/m1/s1. The van der Waals surface area contributed by atoms with Crippen LogP contribution in [0.15, 0.2) is 11.6 Å². The van der Waals surface area contributed by atoms with Crippen molar-refractivity contribution < 1.29 is 24.2 Å². The Kier molecular flexibility index (Phi) is 11.6. The number of aliphatic hydroxyl groups excluding tert-OH is 1. The SMILES string of the molecule is CC[C@H]1OC(=O)[C@H](C)[C@@H](O)C[C@@H](OC2CC(C)CC(N(C)C)C2C)[C@@H](C)C[C@@H](C)C(=O)/C(C)=C/[C@H]1C. The number of esters is 1. The third kappa shape index (κ3) is 7.88. The number of hydrogen-bond donors (Lipinski definition) is 1. The molecule has 1 heterocycles. The Morgan fingerprint density at radius 3 is 2.22 bits per heavy atom. The van der Waals surface area contributed by atoms with E-state index in [9.17, 15) is 14.7 Å². The molecule has 0 amide bonds. The van der Waals surface area contributed by atoms with E-state index in [2.05, 4.69) is 39.8 Å². The molecule has 2 aliphatic rings. The maximum atomic E-state index is 13.2. The number of carbonyl (C=O) groups excluding carboxylic acids is 2. The summed E-state index contributed by atoms with van der Waals surface area (Å²) in [6, 6.07) is 0.438. The summed E-state index contributed by atoms with van der Waals surface area (Å²) in [7, 11) is 4.26. The molecule has 1 N–H and O–H groups in total. The second kappa shape index (κ2) is 13.5. The molecule has 2 rings (SSSR count). The molecular formula is C30H53NO5. The lowest BCUT2D eigenvalue weighted by molar-refractivity contribution is -0.161. The Hall–Kier alpha value is -1.24. The third-order valence-electron chi connectivity index (χ3n) is 8.87. The van der Waals surface area contributed by atoms with Crippen molar-refractivity contribution in [2.24, 2.45) is 35.5 Å². The van der Waals surface area contributed by atoms with Gasteiger partial charge in [-0.15, -0.1) is 0 Å². The van der Waals surface area contributed by atoms with Crippen molar-refractivity contribution in [3.8, 4) is 0 Å². The monoisotopic (exact) mass is 507 g/mol. The molecule has 0 radical (unpaired) electrons.